The fourth-order valence-electron chi connectivity index (χ4n) is 3.23. The SMILES string of the molecule is CCCCCCCCOC(=O)Nc1ccc(C)c(NC(=O)OCCCCCCCC)c1. The van der Waals surface area contributed by atoms with Crippen LogP contribution in [0.5, 0.6) is 0 Å². The number of carbonyl (C=O) groups is 2. The first-order chi connectivity index (χ1) is 15.1. The maximum atomic E-state index is 12.1. The molecule has 0 radical (unpaired) electrons. The lowest BCUT2D eigenvalue weighted by atomic mass is 10.1. The molecule has 1 rings (SSSR count). The minimum Gasteiger partial charge on any atom is -0.449 e. The molecule has 1 aromatic carbocycles. The molecule has 6 nitrogen and oxygen atoms in total. The van der Waals surface area contributed by atoms with Crippen molar-refractivity contribution >= 4 is 23.6 Å². The van der Waals surface area contributed by atoms with E-state index < -0.39 is 12.2 Å². The van der Waals surface area contributed by atoms with E-state index in [4.69, 9.17) is 9.47 Å². The smallest absolute Gasteiger partial charge is 0.411 e. The third kappa shape index (κ3) is 13.6. The molecule has 31 heavy (non-hydrogen) atoms. The van der Waals surface area contributed by atoms with Crippen LogP contribution < -0.4 is 10.6 Å². The Balaban J connectivity index is 2.30. The largest absolute Gasteiger partial charge is 0.449 e. The summed E-state index contributed by atoms with van der Waals surface area (Å²) in [6.45, 7) is 7.11. The molecule has 1 aromatic rings. The zero-order valence-electron chi connectivity index (χ0n) is 19.8. The molecule has 0 aliphatic rings. The molecule has 0 fully saturated rings. The number of anilines is 2. The molecule has 0 saturated carbocycles. The Bertz CT molecular complexity index is 634. The normalized spacial score (nSPS) is 10.5. The van der Waals surface area contributed by atoms with Crippen LogP contribution in [0.15, 0.2) is 18.2 Å². The van der Waals surface area contributed by atoms with Crippen LogP contribution in [0.1, 0.15) is 96.5 Å². The van der Waals surface area contributed by atoms with Crippen LogP contribution in [0, 0.1) is 6.92 Å². The molecule has 6 heteroatoms. The summed E-state index contributed by atoms with van der Waals surface area (Å²) in [7, 11) is 0. The van der Waals surface area contributed by atoms with Gasteiger partial charge in [0.25, 0.3) is 0 Å². The average Bonchev–Trinajstić information content (AvgIpc) is 2.75. The van der Waals surface area contributed by atoms with Crippen molar-refractivity contribution in [3.63, 3.8) is 0 Å². The number of ether oxygens (including phenoxy) is 2. The van der Waals surface area contributed by atoms with E-state index in [0.717, 1.165) is 31.2 Å². The van der Waals surface area contributed by atoms with Crippen LogP contribution in [-0.4, -0.2) is 25.4 Å². The molecule has 2 N–H and O–H groups in total. The third-order valence-electron chi connectivity index (χ3n) is 5.18. The maximum absolute atomic E-state index is 12.1. The molecule has 0 heterocycles. The topological polar surface area (TPSA) is 76.7 Å². The number of hydrogen-bond donors (Lipinski definition) is 2. The van der Waals surface area contributed by atoms with Gasteiger partial charge in [-0.05, 0) is 37.5 Å². The molecule has 0 aliphatic carbocycles. The quantitative estimate of drug-likeness (QED) is 0.260. The number of hydrogen-bond acceptors (Lipinski definition) is 4. The van der Waals surface area contributed by atoms with Gasteiger partial charge in [0.1, 0.15) is 0 Å². The van der Waals surface area contributed by atoms with Crippen molar-refractivity contribution in [2.24, 2.45) is 0 Å². The van der Waals surface area contributed by atoms with E-state index in [1.807, 2.05) is 13.0 Å². The summed E-state index contributed by atoms with van der Waals surface area (Å²) in [5.41, 5.74) is 2.08. The second-order valence-corrected chi connectivity index (χ2v) is 8.09. The number of carbonyl (C=O) groups excluding carboxylic acids is 2. The predicted molar refractivity (Wildman–Crippen MR) is 128 cm³/mol. The van der Waals surface area contributed by atoms with Crippen molar-refractivity contribution in [1.29, 1.82) is 0 Å². The minimum atomic E-state index is -0.478. The zero-order chi connectivity index (χ0) is 22.7. The number of aryl methyl sites for hydroxylation is 1. The Morgan fingerprint density at radius 3 is 1.74 bits per heavy atom. The van der Waals surface area contributed by atoms with Crippen molar-refractivity contribution in [2.75, 3.05) is 23.8 Å². The molecule has 176 valence electrons. The standard InChI is InChI=1S/C25H42N2O4/c1-4-6-8-10-12-14-18-30-24(28)26-22-17-16-21(3)23(20-22)27-25(29)31-19-15-13-11-9-7-5-2/h16-17,20H,4-15,18-19H2,1-3H3,(H,26,28)(H,27,29). The van der Waals surface area contributed by atoms with Gasteiger partial charge in [0, 0.05) is 11.4 Å². The molecule has 0 bridgehead atoms. The number of benzene rings is 1. The summed E-state index contributed by atoms with van der Waals surface area (Å²) in [6, 6.07) is 5.34. The van der Waals surface area contributed by atoms with Gasteiger partial charge in [-0.3, -0.25) is 10.6 Å². The van der Waals surface area contributed by atoms with Gasteiger partial charge in [-0.25, -0.2) is 9.59 Å². The van der Waals surface area contributed by atoms with Crippen molar-refractivity contribution in [1.82, 2.24) is 0 Å². The highest BCUT2D eigenvalue weighted by molar-refractivity contribution is 5.89. The van der Waals surface area contributed by atoms with Crippen molar-refractivity contribution < 1.29 is 19.1 Å². The van der Waals surface area contributed by atoms with Gasteiger partial charge in [0.15, 0.2) is 0 Å². The van der Waals surface area contributed by atoms with Crippen LogP contribution in [0.4, 0.5) is 21.0 Å². The second-order valence-electron chi connectivity index (χ2n) is 8.09. The van der Waals surface area contributed by atoms with Crippen LogP contribution >= 0.6 is 0 Å². The Morgan fingerprint density at radius 2 is 1.19 bits per heavy atom. The molecular weight excluding hydrogens is 392 g/mol. The van der Waals surface area contributed by atoms with E-state index in [2.05, 4.69) is 24.5 Å². The first-order valence-electron chi connectivity index (χ1n) is 12.0. The highest BCUT2D eigenvalue weighted by atomic mass is 16.6. The van der Waals surface area contributed by atoms with Gasteiger partial charge in [-0.1, -0.05) is 84.1 Å². The molecule has 0 spiro atoms. The van der Waals surface area contributed by atoms with Crippen LogP contribution in [0.25, 0.3) is 0 Å². The molecule has 0 aromatic heterocycles. The first-order valence-corrected chi connectivity index (χ1v) is 12.0. The van der Waals surface area contributed by atoms with Crippen molar-refractivity contribution in [3.05, 3.63) is 23.8 Å². The number of amides is 2. The summed E-state index contributed by atoms with van der Waals surface area (Å²) in [5.74, 6) is 0. The zero-order valence-corrected chi connectivity index (χ0v) is 19.8. The van der Waals surface area contributed by atoms with Gasteiger partial charge < -0.3 is 9.47 Å². The van der Waals surface area contributed by atoms with Crippen LogP contribution in [0.2, 0.25) is 0 Å². The summed E-state index contributed by atoms with van der Waals surface area (Å²) >= 11 is 0. The molecule has 2 amide bonds. The lowest BCUT2D eigenvalue weighted by Crippen LogP contribution is -2.17. The second kappa shape index (κ2) is 17.4. The summed E-state index contributed by atoms with van der Waals surface area (Å²) in [4.78, 5) is 24.0. The van der Waals surface area contributed by atoms with Crippen molar-refractivity contribution in [2.45, 2.75) is 97.8 Å². The predicted octanol–water partition coefficient (Wildman–Crippen LogP) is 7.81. The van der Waals surface area contributed by atoms with E-state index >= 15 is 0 Å². The first kappa shape index (κ1) is 26.8. The Kier molecular flexibility index (Phi) is 15.1. The fourth-order valence-corrected chi connectivity index (χ4v) is 3.23. The highest BCUT2D eigenvalue weighted by Gasteiger charge is 2.09. The van der Waals surface area contributed by atoms with E-state index in [1.165, 1.54) is 51.4 Å². The summed E-state index contributed by atoms with van der Waals surface area (Å²) < 4.78 is 10.5. The number of unbranched alkanes of at least 4 members (excludes halogenated alkanes) is 10. The molecule has 0 unspecified atom stereocenters. The highest BCUT2D eigenvalue weighted by Crippen LogP contribution is 2.21. The monoisotopic (exact) mass is 434 g/mol. The van der Waals surface area contributed by atoms with E-state index in [-0.39, 0.29) is 0 Å². The Hall–Kier alpha value is -2.24. The van der Waals surface area contributed by atoms with Gasteiger partial charge >= 0.3 is 12.2 Å². The van der Waals surface area contributed by atoms with Gasteiger partial charge in [0.2, 0.25) is 0 Å². The van der Waals surface area contributed by atoms with Gasteiger partial charge in [0.05, 0.1) is 13.2 Å². The fraction of sp³-hybridized carbons (Fsp3) is 0.680. The van der Waals surface area contributed by atoms with Crippen LogP contribution in [0.3, 0.4) is 0 Å². The number of nitrogens with one attached hydrogen (secondary N) is 2. The minimum absolute atomic E-state index is 0.416. The third-order valence-corrected chi connectivity index (χ3v) is 5.18. The summed E-state index contributed by atoms with van der Waals surface area (Å²) in [5, 5.41) is 5.48. The molecule has 0 saturated heterocycles. The van der Waals surface area contributed by atoms with Crippen LogP contribution in [-0.2, 0) is 9.47 Å². The van der Waals surface area contributed by atoms with Gasteiger partial charge in [-0.2, -0.15) is 0 Å². The molecular formula is C25H42N2O4. The van der Waals surface area contributed by atoms with Gasteiger partial charge in [-0.15, -0.1) is 0 Å². The average molecular weight is 435 g/mol. The molecule has 0 atom stereocenters. The Labute approximate surface area is 188 Å². The van der Waals surface area contributed by atoms with E-state index in [1.54, 1.807) is 12.1 Å². The molecule has 0 aliphatic heterocycles. The van der Waals surface area contributed by atoms with E-state index in [0.29, 0.717) is 24.6 Å². The summed E-state index contributed by atoms with van der Waals surface area (Å²) in [6.07, 6.45) is 12.8. The van der Waals surface area contributed by atoms with E-state index in [9.17, 15) is 9.59 Å². The lowest BCUT2D eigenvalue weighted by Gasteiger charge is -2.12. The lowest BCUT2D eigenvalue weighted by molar-refractivity contribution is 0.158. The van der Waals surface area contributed by atoms with Crippen molar-refractivity contribution in [3.8, 4) is 0 Å². The Morgan fingerprint density at radius 1 is 0.710 bits per heavy atom. The maximum Gasteiger partial charge on any atom is 0.411 e. The number of rotatable bonds is 16.